The average Bonchev–Trinajstić information content (AvgIpc) is 2.41. The first kappa shape index (κ1) is 15.0. The summed E-state index contributed by atoms with van der Waals surface area (Å²) in [5, 5.41) is 10.5. The fraction of sp³-hybridized carbons (Fsp3) is 0.562. The van der Waals surface area contributed by atoms with Gasteiger partial charge in [-0.15, -0.1) is 0 Å². The van der Waals surface area contributed by atoms with E-state index >= 15 is 0 Å². The fourth-order valence-electron chi connectivity index (χ4n) is 2.52. The van der Waals surface area contributed by atoms with E-state index in [1.165, 1.54) is 5.56 Å². The second-order valence-electron chi connectivity index (χ2n) is 5.80. The molecule has 1 fully saturated rings. The lowest BCUT2D eigenvalue weighted by molar-refractivity contribution is -0.0734. The van der Waals surface area contributed by atoms with Gasteiger partial charge in [0.2, 0.25) is 0 Å². The number of aryl methyl sites for hydroxylation is 2. The van der Waals surface area contributed by atoms with Crippen LogP contribution in [0.1, 0.15) is 34.3 Å². The van der Waals surface area contributed by atoms with E-state index in [0.717, 1.165) is 5.56 Å². The molecular weight excluding hydrogens is 254 g/mol. The lowest BCUT2D eigenvalue weighted by Gasteiger charge is -2.35. The monoisotopic (exact) mass is 277 g/mol. The molecule has 1 heterocycles. The van der Waals surface area contributed by atoms with Gasteiger partial charge < -0.3 is 14.7 Å². The minimum absolute atomic E-state index is 0.0481. The van der Waals surface area contributed by atoms with Gasteiger partial charge in [-0.2, -0.15) is 0 Å². The van der Waals surface area contributed by atoms with Crippen molar-refractivity contribution in [3.63, 3.8) is 0 Å². The molecule has 20 heavy (non-hydrogen) atoms. The number of benzene rings is 1. The van der Waals surface area contributed by atoms with E-state index in [1.54, 1.807) is 11.9 Å². The summed E-state index contributed by atoms with van der Waals surface area (Å²) in [7, 11) is 1.74. The first-order valence-corrected chi connectivity index (χ1v) is 7.04. The Kier molecular flexibility index (Phi) is 4.45. The predicted octanol–water partition coefficient (Wildman–Crippen LogP) is 1.92. The van der Waals surface area contributed by atoms with Crippen molar-refractivity contribution in [1.29, 1.82) is 0 Å². The number of carbonyl (C=O) groups is 1. The third kappa shape index (κ3) is 3.38. The molecule has 1 amide bonds. The van der Waals surface area contributed by atoms with Gasteiger partial charge in [-0.05, 0) is 37.1 Å². The van der Waals surface area contributed by atoms with Crippen LogP contribution in [0, 0.1) is 13.8 Å². The molecule has 1 aliphatic heterocycles. The molecule has 1 aromatic carbocycles. The minimum atomic E-state index is -0.817. The highest BCUT2D eigenvalue weighted by Gasteiger charge is 2.32. The molecule has 1 aliphatic rings. The lowest BCUT2D eigenvalue weighted by atomic mass is 9.93. The first-order valence-electron chi connectivity index (χ1n) is 7.04. The number of nitrogens with zero attached hydrogens (tertiary/aromatic N) is 1. The van der Waals surface area contributed by atoms with Crippen molar-refractivity contribution in [3.8, 4) is 0 Å². The quantitative estimate of drug-likeness (QED) is 0.918. The van der Waals surface area contributed by atoms with Crippen LogP contribution in [0.3, 0.4) is 0 Å². The number of amides is 1. The zero-order valence-electron chi connectivity index (χ0n) is 12.5. The van der Waals surface area contributed by atoms with Crippen LogP contribution in [0.15, 0.2) is 18.2 Å². The Hall–Kier alpha value is -1.39. The molecule has 1 N–H and O–H groups in total. The van der Waals surface area contributed by atoms with Gasteiger partial charge in [-0.25, -0.2) is 0 Å². The molecular formula is C16H23NO3. The molecule has 0 spiro atoms. The second-order valence-corrected chi connectivity index (χ2v) is 5.80. The van der Waals surface area contributed by atoms with Gasteiger partial charge in [0.15, 0.2) is 0 Å². The molecule has 0 radical (unpaired) electrons. The Morgan fingerprint density at radius 1 is 1.30 bits per heavy atom. The largest absolute Gasteiger partial charge is 0.388 e. The van der Waals surface area contributed by atoms with Gasteiger partial charge in [-0.1, -0.05) is 6.07 Å². The van der Waals surface area contributed by atoms with Gasteiger partial charge in [0.25, 0.3) is 5.91 Å². The van der Waals surface area contributed by atoms with E-state index in [2.05, 4.69) is 0 Å². The Morgan fingerprint density at radius 3 is 2.55 bits per heavy atom. The first-order chi connectivity index (χ1) is 9.41. The van der Waals surface area contributed by atoms with Crippen LogP contribution < -0.4 is 0 Å². The summed E-state index contributed by atoms with van der Waals surface area (Å²) in [6.45, 7) is 5.49. The third-order valence-corrected chi connectivity index (χ3v) is 4.06. The zero-order chi connectivity index (χ0) is 14.8. The van der Waals surface area contributed by atoms with Crippen LogP contribution in [-0.2, 0) is 4.74 Å². The fourth-order valence-corrected chi connectivity index (χ4v) is 2.52. The van der Waals surface area contributed by atoms with Gasteiger partial charge in [-0.3, -0.25) is 4.79 Å². The molecule has 1 saturated heterocycles. The Balaban J connectivity index is 2.06. The predicted molar refractivity (Wildman–Crippen MR) is 77.9 cm³/mol. The molecule has 0 bridgehead atoms. The van der Waals surface area contributed by atoms with Crippen molar-refractivity contribution in [1.82, 2.24) is 4.90 Å². The zero-order valence-corrected chi connectivity index (χ0v) is 12.5. The van der Waals surface area contributed by atoms with Crippen LogP contribution in [0.25, 0.3) is 0 Å². The summed E-state index contributed by atoms with van der Waals surface area (Å²) in [6, 6.07) is 5.71. The van der Waals surface area contributed by atoms with Gasteiger partial charge in [0, 0.05) is 45.2 Å². The maximum Gasteiger partial charge on any atom is 0.253 e. The molecule has 1 aromatic rings. The van der Waals surface area contributed by atoms with Crippen molar-refractivity contribution in [3.05, 3.63) is 34.9 Å². The lowest BCUT2D eigenvalue weighted by Crippen LogP contribution is -2.47. The summed E-state index contributed by atoms with van der Waals surface area (Å²) in [5.41, 5.74) is 2.13. The topological polar surface area (TPSA) is 49.8 Å². The molecule has 0 atom stereocenters. The number of likely N-dealkylation sites (N-methyl/N-ethyl adjacent to an activating group) is 1. The van der Waals surface area contributed by atoms with E-state index < -0.39 is 5.60 Å². The summed E-state index contributed by atoms with van der Waals surface area (Å²) in [5.74, 6) is -0.0481. The number of hydrogen-bond acceptors (Lipinski definition) is 3. The van der Waals surface area contributed by atoms with Crippen LogP contribution in [0.5, 0.6) is 0 Å². The van der Waals surface area contributed by atoms with E-state index in [4.69, 9.17) is 4.74 Å². The number of hydrogen-bond donors (Lipinski definition) is 1. The molecule has 0 saturated carbocycles. The standard InChI is InChI=1S/C16H23NO3/c1-12-4-5-14(10-13(12)2)15(18)17(3)11-16(19)6-8-20-9-7-16/h4-5,10,19H,6-9,11H2,1-3H3. The summed E-state index contributed by atoms with van der Waals surface area (Å²) < 4.78 is 5.26. The number of carbonyl (C=O) groups excluding carboxylic acids is 1. The van der Waals surface area contributed by atoms with Crippen molar-refractivity contribution in [2.24, 2.45) is 0 Å². The maximum atomic E-state index is 12.4. The van der Waals surface area contributed by atoms with E-state index in [-0.39, 0.29) is 5.91 Å². The van der Waals surface area contributed by atoms with Gasteiger partial charge in [0.05, 0.1) is 5.60 Å². The van der Waals surface area contributed by atoms with Crippen molar-refractivity contribution >= 4 is 5.91 Å². The molecule has 0 aromatic heterocycles. The Bertz CT molecular complexity index is 492. The van der Waals surface area contributed by atoms with Crippen LogP contribution in [0.2, 0.25) is 0 Å². The molecule has 110 valence electrons. The summed E-state index contributed by atoms with van der Waals surface area (Å²) in [6.07, 6.45) is 1.16. The Morgan fingerprint density at radius 2 is 1.95 bits per heavy atom. The Labute approximate surface area is 120 Å². The van der Waals surface area contributed by atoms with E-state index in [0.29, 0.717) is 38.2 Å². The smallest absolute Gasteiger partial charge is 0.253 e. The van der Waals surface area contributed by atoms with Crippen LogP contribution in [-0.4, -0.2) is 48.3 Å². The third-order valence-electron chi connectivity index (χ3n) is 4.06. The number of aliphatic hydroxyl groups is 1. The highest BCUT2D eigenvalue weighted by atomic mass is 16.5. The van der Waals surface area contributed by atoms with Crippen LogP contribution in [0.4, 0.5) is 0 Å². The molecule has 0 aliphatic carbocycles. The van der Waals surface area contributed by atoms with Crippen molar-refractivity contribution in [2.75, 3.05) is 26.8 Å². The number of rotatable bonds is 3. The normalized spacial score (nSPS) is 17.8. The highest BCUT2D eigenvalue weighted by Crippen LogP contribution is 2.22. The molecule has 0 unspecified atom stereocenters. The molecule has 4 heteroatoms. The molecule has 2 rings (SSSR count). The highest BCUT2D eigenvalue weighted by molar-refractivity contribution is 5.94. The second kappa shape index (κ2) is 5.94. The van der Waals surface area contributed by atoms with Crippen molar-refractivity contribution < 1.29 is 14.6 Å². The van der Waals surface area contributed by atoms with Crippen molar-refractivity contribution in [2.45, 2.75) is 32.3 Å². The minimum Gasteiger partial charge on any atom is -0.388 e. The van der Waals surface area contributed by atoms with E-state index in [1.807, 2.05) is 32.0 Å². The van der Waals surface area contributed by atoms with E-state index in [9.17, 15) is 9.90 Å². The summed E-state index contributed by atoms with van der Waals surface area (Å²) in [4.78, 5) is 14.0. The molecule has 4 nitrogen and oxygen atoms in total. The maximum absolute atomic E-state index is 12.4. The number of ether oxygens (including phenoxy) is 1. The summed E-state index contributed by atoms with van der Waals surface area (Å²) >= 11 is 0. The average molecular weight is 277 g/mol. The SMILES string of the molecule is Cc1ccc(C(=O)N(C)CC2(O)CCOCC2)cc1C. The van der Waals surface area contributed by atoms with Gasteiger partial charge in [0.1, 0.15) is 0 Å². The van der Waals surface area contributed by atoms with Gasteiger partial charge >= 0.3 is 0 Å². The van der Waals surface area contributed by atoms with Crippen LogP contribution >= 0.6 is 0 Å².